The topological polar surface area (TPSA) is 36.4 Å². The lowest BCUT2D eigenvalue weighted by molar-refractivity contribution is 0.0793. The lowest BCUT2D eigenvalue weighted by Gasteiger charge is -2.42. The Morgan fingerprint density at radius 3 is 2.54 bits per heavy atom. The van der Waals surface area contributed by atoms with Crippen LogP contribution in [0.15, 0.2) is 48.7 Å². The van der Waals surface area contributed by atoms with Gasteiger partial charge in [0.2, 0.25) is 0 Å². The Morgan fingerprint density at radius 2 is 1.77 bits per heavy atom. The number of pyridine rings is 1. The van der Waals surface area contributed by atoms with Gasteiger partial charge in [-0.15, -0.1) is 0 Å². The van der Waals surface area contributed by atoms with Crippen LogP contribution in [0.5, 0.6) is 0 Å². The summed E-state index contributed by atoms with van der Waals surface area (Å²) in [7, 11) is 0. The molecule has 4 heteroatoms. The van der Waals surface area contributed by atoms with Gasteiger partial charge in [-0.05, 0) is 43.4 Å². The first kappa shape index (κ1) is 17.1. The number of benzene rings is 1. The van der Waals surface area contributed by atoms with E-state index < -0.39 is 0 Å². The third-order valence-electron chi connectivity index (χ3n) is 5.88. The maximum atomic E-state index is 13.0. The van der Waals surface area contributed by atoms with Crippen molar-refractivity contribution in [3.63, 3.8) is 0 Å². The van der Waals surface area contributed by atoms with Crippen LogP contribution in [0.1, 0.15) is 48.5 Å². The van der Waals surface area contributed by atoms with Crippen molar-refractivity contribution in [3.8, 4) is 0 Å². The minimum atomic E-state index is 0.0883. The summed E-state index contributed by atoms with van der Waals surface area (Å²) >= 11 is 0. The van der Waals surface area contributed by atoms with Crippen molar-refractivity contribution >= 4 is 11.7 Å². The van der Waals surface area contributed by atoms with Crippen LogP contribution in [0.2, 0.25) is 0 Å². The first-order valence-corrected chi connectivity index (χ1v) is 9.72. The summed E-state index contributed by atoms with van der Waals surface area (Å²) in [5, 5.41) is 0. The van der Waals surface area contributed by atoms with Crippen LogP contribution in [0.3, 0.4) is 0 Å². The van der Waals surface area contributed by atoms with E-state index in [2.05, 4.69) is 47.1 Å². The van der Waals surface area contributed by atoms with Gasteiger partial charge in [0.15, 0.2) is 0 Å². The number of piperidine rings is 1. The largest absolute Gasteiger partial charge is 0.355 e. The van der Waals surface area contributed by atoms with Gasteiger partial charge in [-0.3, -0.25) is 4.79 Å². The molecule has 0 aliphatic carbocycles. The highest BCUT2D eigenvalue weighted by Gasteiger charge is 2.35. The molecular formula is C22H27N3O. The summed E-state index contributed by atoms with van der Waals surface area (Å²) in [5.41, 5.74) is 2.21. The highest BCUT2D eigenvalue weighted by atomic mass is 16.2. The number of nitrogens with zero attached hydrogens (tertiary/aromatic N) is 3. The van der Waals surface area contributed by atoms with Gasteiger partial charge < -0.3 is 9.80 Å². The van der Waals surface area contributed by atoms with Crippen LogP contribution < -0.4 is 4.90 Å². The average molecular weight is 349 g/mol. The summed E-state index contributed by atoms with van der Waals surface area (Å²) in [5.74, 6) is 0.990. The van der Waals surface area contributed by atoms with Crippen LogP contribution in [0, 0.1) is 0 Å². The van der Waals surface area contributed by atoms with E-state index in [-0.39, 0.29) is 11.3 Å². The molecule has 2 aliphatic rings. The van der Waals surface area contributed by atoms with Gasteiger partial charge in [0.05, 0.1) is 5.56 Å². The molecule has 1 aromatic carbocycles. The molecule has 1 amide bonds. The zero-order valence-electron chi connectivity index (χ0n) is 15.5. The second-order valence-electron chi connectivity index (χ2n) is 7.83. The Kier molecular flexibility index (Phi) is 4.66. The van der Waals surface area contributed by atoms with E-state index in [1.54, 1.807) is 0 Å². The standard InChI is InChI=1S/C22H27N3O/c1-22(18-9-3-2-4-10-18)12-8-16-25(17-22)20-19(11-7-13-23-20)21(26)24-14-5-6-15-24/h2-4,7,9-11,13H,5-6,8,12,14-17H2,1H3. The van der Waals surface area contributed by atoms with Gasteiger partial charge in [0.1, 0.15) is 5.82 Å². The van der Waals surface area contributed by atoms with E-state index in [0.717, 1.165) is 63.2 Å². The predicted octanol–water partition coefficient (Wildman–Crippen LogP) is 3.88. The maximum absolute atomic E-state index is 13.0. The third-order valence-corrected chi connectivity index (χ3v) is 5.88. The van der Waals surface area contributed by atoms with Crippen LogP contribution in [-0.4, -0.2) is 42.0 Å². The van der Waals surface area contributed by atoms with Crippen LogP contribution in [0.4, 0.5) is 5.82 Å². The Bertz CT molecular complexity index is 770. The van der Waals surface area contributed by atoms with Gasteiger partial charge in [-0.25, -0.2) is 4.98 Å². The van der Waals surface area contributed by atoms with Crippen molar-refractivity contribution in [3.05, 3.63) is 59.8 Å². The van der Waals surface area contributed by atoms with Gasteiger partial charge in [-0.2, -0.15) is 0 Å². The molecule has 136 valence electrons. The molecule has 0 radical (unpaired) electrons. The molecule has 3 heterocycles. The minimum Gasteiger partial charge on any atom is -0.355 e. The smallest absolute Gasteiger partial charge is 0.257 e. The van der Waals surface area contributed by atoms with Crippen molar-refractivity contribution in [1.29, 1.82) is 0 Å². The van der Waals surface area contributed by atoms with E-state index in [4.69, 9.17) is 0 Å². The van der Waals surface area contributed by atoms with E-state index in [1.165, 1.54) is 5.56 Å². The lowest BCUT2D eigenvalue weighted by Crippen LogP contribution is -2.45. The molecule has 0 saturated carbocycles. The molecule has 26 heavy (non-hydrogen) atoms. The molecule has 4 nitrogen and oxygen atoms in total. The predicted molar refractivity (Wildman–Crippen MR) is 105 cm³/mol. The Morgan fingerprint density at radius 1 is 1.00 bits per heavy atom. The van der Waals surface area contributed by atoms with Crippen LogP contribution in [-0.2, 0) is 5.41 Å². The van der Waals surface area contributed by atoms with Crippen molar-refractivity contribution in [2.45, 2.75) is 38.0 Å². The first-order valence-electron chi connectivity index (χ1n) is 9.72. The molecular weight excluding hydrogens is 322 g/mol. The van der Waals surface area contributed by atoms with E-state index in [9.17, 15) is 4.79 Å². The number of likely N-dealkylation sites (tertiary alicyclic amines) is 1. The number of aromatic nitrogens is 1. The number of hydrogen-bond acceptors (Lipinski definition) is 3. The van der Waals surface area contributed by atoms with E-state index in [0.29, 0.717) is 0 Å². The number of rotatable bonds is 3. The Hall–Kier alpha value is -2.36. The molecule has 4 rings (SSSR count). The van der Waals surface area contributed by atoms with E-state index in [1.807, 2.05) is 23.2 Å². The van der Waals surface area contributed by atoms with Crippen molar-refractivity contribution in [2.75, 3.05) is 31.1 Å². The van der Waals surface area contributed by atoms with Gasteiger partial charge in [0.25, 0.3) is 5.91 Å². The minimum absolute atomic E-state index is 0.0883. The number of carbonyl (C=O) groups is 1. The third kappa shape index (κ3) is 3.20. The number of hydrogen-bond donors (Lipinski definition) is 0. The lowest BCUT2D eigenvalue weighted by atomic mass is 9.76. The van der Waals surface area contributed by atoms with Crippen LogP contribution in [0.25, 0.3) is 0 Å². The highest BCUT2D eigenvalue weighted by molar-refractivity contribution is 5.99. The van der Waals surface area contributed by atoms with Gasteiger partial charge >= 0.3 is 0 Å². The van der Waals surface area contributed by atoms with Gasteiger partial charge in [0, 0.05) is 37.8 Å². The molecule has 1 aromatic heterocycles. The molecule has 2 aromatic rings. The van der Waals surface area contributed by atoms with Crippen LogP contribution >= 0.6 is 0 Å². The maximum Gasteiger partial charge on any atom is 0.257 e. The quantitative estimate of drug-likeness (QED) is 0.844. The summed E-state index contributed by atoms with van der Waals surface area (Å²) in [4.78, 5) is 21.9. The average Bonchev–Trinajstić information content (AvgIpc) is 3.23. The summed E-state index contributed by atoms with van der Waals surface area (Å²) in [6.07, 6.45) is 6.30. The first-order chi connectivity index (χ1) is 12.7. The highest BCUT2D eigenvalue weighted by Crippen LogP contribution is 2.36. The molecule has 0 spiro atoms. The summed E-state index contributed by atoms with van der Waals surface area (Å²) < 4.78 is 0. The monoisotopic (exact) mass is 349 g/mol. The zero-order chi connectivity index (χ0) is 18.0. The molecule has 1 unspecified atom stereocenters. The molecule has 2 aliphatic heterocycles. The molecule has 0 bridgehead atoms. The summed E-state index contributed by atoms with van der Waals surface area (Å²) in [6, 6.07) is 14.6. The second kappa shape index (κ2) is 7.10. The number of anilines is 1. The zero-order valence-corrected chi connectivity index (χ0v) is 15.5. The van der Waals surface area contributed by atoms with Gasteiger partial charge in [-0.1, -0.05) is 37.3 Å². The SMILES string of the molecule is CC1(c2ccccc2)CCCN(c2ncccc2C(=O)N2CCCC2)C1. The molecule has 2 saturated heterocycles. The van der Waals surface area contributed by atoms with Crippen molar-refractivity contribution in [2.24, 2.45) is 0 Å². The fourth-order valence-corrected chi connectivity index (χ4v) is 4.40. The number of carbonyl (C=O) groups excluding carboxylic acids is 1. The molecule has 0 N–H and O–H groups in total. The number of amides is 1. The van der Waals surface area contributed by atoms with Crippen molar-refractivity contribution in [1.82, 2.24) is 9.88 Å². The Balaban J connectivity index is 1.62. The summed E-state index contributed by atoms with van der Waals surface area (Å²) in [6.45, 7) is 5.93. The fourth-order valence-electron chi connectivity index (χ4n) is 4.40. The van der Waals surface area contributed by atoms with Crippen molar-refractivity contribution < 1.29 is 4.79 Å². The normalized spacial score (nSPS) is 23.3. The molecule has 1 atom stereocenters. The molecule has 2 fully saturated rings. The fraction of sp³-hybridized carbons (Fsp3) is 0.455. The second-order valence-corrected chi connectivity index (χ2v) is 7.83. The van der Waals surface area contributed by atoms with E-state index >= 15 is 0 Å². The Labute approximate surface area is 155 Å².